The average Bonchev–Trinajstić information content (AvgIpc) is 2.58. The predicted molar refractivity (Wildman–Crippen MR) is 102 cm³/mol. The zero-order valence-corrected chi connectivity index (χ0v) is 16.3. The number of amides is 1. The molecule has 0 aromatic heterocycles. The van der Waals surface area contributed by atoms with E-state index >= 15 is 0 Å². The molecule has 0 atom stereocenters. The molecule has 0 aliphatic carbocycles. The molecule has 0 radical (unpaired) electrons. The van der Waals surface area contributed by atoms with Crippen molar-refractivity contribution in [1.29, 1.82) is 0 Å². The quantitative estimate of drug-likeness (QED) is 0.541. The van der Waals surface area contributed by atoms with E-state index in [0.717, 1.165) is 11.1 Å². The van der Waals surface area contributed by atoms with Gasteiger partial charge in [0.05, 0.1) is 15.1 Å². The first-order valence-corrected chi connectivity index (χ1v) is 8.69. The Kier molecular flexibility index (Phi) is 7.14. The van der Waals surface area contributed by atoms with Crippen LogP contribution in [0, 0.1) is 13.8 Å². The van der Waals surface area contributed by atoms with Crippen molar-refractivity contribution in [2.75, 3.05) is 18.5 Å². The maximum Gasteiger partial charge on any atom is 0.344 e. The molecule has 2 aromatic carbocycles. The number of anilines is 1. The molecule has 0 fully saturated rings. The van der Waals surface area contributed by atoms with Gasteiger partial charge in [-0.1, -0.05) is 46.9 Å². The molecule has 0 spiro atoms. The predicted octanol–water partition coefficient (Wildman–Crippen LogP) is 4.82. The van der Waals surface area contributed by atoms with Crippen molar-refractivity contribution < 1.29 is 19.1 Å². The standard InChI is InChI=1S/C18H16Cl3NO4/c1-10-3-4-11(2)15(5-10)22-17(23)8-26-18(24)9-25-16-7-13(20)12(19)6-14(16)21/h3-7H,8-9H2,1-2H3,(H,22,23). The van der Waals surface area contributed by atoms with Gasteiger partial charge >= 0.3 is 5.97 Å². The molecule has 0 bridgehead atoms. The van der Waals surface area contributed by atoms with Gasteiger partial charge in [-0.25, -0.2) is 4.79 Å². The first kappa shape index (κ1) is 20.4. The van der Waals surface area contributed by atoms with E-state index < -0.39 is 25.1 Å². The lowest BCUT2D eigenvalue weighted by molar-refractivity contribution is -0.149. The number of benzene rings is 2. The van der Waals surface area contributed by atoms with Gasteiger partial charge in [0, 0.05) is 11.8 Å². The van der Waals surface area contributed by atoms with Crippen molar-refractivity contribution in [2.45, 2.75) is 13.8 Å². The van der Waals surface area contributed by atoms with Crippen LogP contribution in [-0.4, -0.2) is 25.1 Å². The first-order valence-electron chi connectivity index (χ1n) is 7.56. The summed E-state index contributed by atoms with van der Waals surface area (Å²) in [7, 11) is 0. The minimum atomic E-state index is -0.719. The van der Waals surface area contributed by atoms with Crippen LogP contribution in [0.2, 0.25) is 15.1 Å². The van der Waals surface area contributed by atoms with Crippen LogP contribution < -0.4 is 10.1 Å². The molecule has 0 unspecified atom stereocenters. The molecule has 2 aromatic rings. The van der Waals surface area contributed by atoms with E-state index in [9.17, 15) is 9.59 Å². The number of halogens is 3. The highest BCUT2D eigenvalue weighted by atomic mass is 35.5. The summed E-state index contributed by atoms with van der Waals surface area (Å²) in [6.45, 7) is 2.94. The first-order chi connectivity index (χ1) is 12.3. The van der Waals surface area contributed by atoms with E-state index in [0.29, 0.717) is 5.69 Å². The van der Waals surface area contributed by atoms with Crippen molar-refractivity contribution in [3.63, 3.8) is 0 Å². The highest BCUT2D eigenvalue weighted by molar-refractivity contribution is 6.43. The number of carbonyl (C=O) groups excluding carboxylic acids is 2. The zero-order valence-electron chi connectivity index (χ0n) is 14.1. The van der Waals surface area contributed by atoms with Crippen LogP contribution in [0.5, 0.6) is 5.75 Å². The molecule has 0 saturated heterocycles. The lowest BCUT2D eigenvalue weighted by Gasteiger charge is -2.11. The van der Waals surface area contributed by atoms with E-state index in [1.54, 1.807) is 0 Å². The normalized spacial score (nSPS) is 10.3. The molecular formula is C18H16Cl3NO4. The smallest absolute Gasteiger partial charge is 0.344 e. The van der Waals surface area contributed by atoms with Crippen molar-refractivity contribution >= 4 is 52.4 Å². The molecule has 26 heavy (non-hydrogen) atoms. The summed E-state index contributed by atoms with van der Waals surface area (Å²) in [6, 6.07) is 8.48. The summed E-state index contributed by atoms with van der Waals surface area (Å²) in [5, 5.41) is 3.42. The summed E-state index contributed by atoms with van der Waals surface area (Å²) in [4.78, 5) is 23.6. The minimum absolute atomic E-state index is 0.192. The van der Waals surface area contributed by atoms with E-state index in [2.05, 4.69) is 5.32 Å². The summed E-state index contributed by atoms with van der Waals surface area (Å²) in [6.07, 6.45) is 0. The van der Waals surface area contributed by atoms with Gasteiger partial charge in [-0.05, 0) is 37.1 Å². The fourth-order valence-electron chi connectivity index (χ4n) is 2.00. The lowest BCUT2D eigenvalue weighted by Crippen LogP contribution is -2.24. The van der Waals surface area contributed by atoms with Gasteiger partial charge in [0.25, 0.3) is 5.91 Å². The minimum Gasteiger partial charge on any atom is -0.480 e. The summed E-state index contributed by atoms with van der Waals surface area (Å²) in [5.74, 6) is -0.972. The third-order valence-corrected chi connectivity index (χ3v) is 4.37. The van der Waals surface area contributed by atoms with Crippen LogP contribution in [0.25, 0.3) is 0 Å². The molecule has 1 N–H and O–H groups in total. The van der Waals surface area contributed by atoms with Gasteiger partial charge in [-0.2, -0.15) is 0 Å². The summed E-state index contributed by atoms with van der Waals surface area (Å²) < 4.78 is 10.1. The molecule has 138 valence electrons. The van der Waals surface area contributed by atoms with Crippen molar-refractivity contribution in [1.82, 2.24) is 0 Å². The van der Waals surface area contributed by atoms with Crippen LogP contribution in [0.3, 0.4) is 0 Å². The van der Waals surface area contributed by atoms with Crippen LogP contribution in [0.4, 0.5) is 5.69 Å². The van der Waals surface area contributed by atoms with Crippen LogP contribution in [-0.2, 0) is 14.3 Å². The van der Waals surface area contributed by atoms with Crippen molar-refractivity contribution in [2.24, 2.45) is 0 Å². The molecule has 5 nitrogen and oxygen atoms in total. The Balaban J connectivity index is 1.82. The molecule has 1 amide bonds. The molecule has 0 heterocycles. The Hall–Kier alpha value is -1.95. The van der Waals surface area contributed by atoms with Crippen molar-refractivity contribution in [3.8, 4) is 5.75 Å². The Morgan fingerprint density at radius 1 is 0.962 bits per heavy atom. The number of carbonyl (C=O) groups is 2. The second-order valence-corrected chi connectivity index (χ2v) is 6.73. The van der Waals surface area contributed by atoms with Gasteiger partial charge in [0.1, 0.15) is 5.75 Å². The monoisotopic (exact) mass is 415 g/mol. The molecular weight excluding hydrogens is 401 g/mol. The average molecular weight is 417 g/mol. The Morgan fingerprint density at radius 3 is 2.38 bits per heavy atom. The fraction of sp³-hybridized carbons (Fsp3) is 0.222. The number of nitrogens with one attached hydrogen (secondary N) is 1. The molecule has 8 heteroatoms. The van der Waals surface area contributed by atoms with Gasteiger partial charge < -0.3 is 14.8 Å². The highest BCUT2D eigenvalue weighted by Crippen LogP contribution is 2.33. The Labute approximate surface area is 166 Å². The molecule has 0 saturated carbocycles. The van der Waals surface area contributed by atoms with E-state index in [1.165, 1.54) is 12.1 Å². The number of hydrogen-bond donors (Lipinski definition) is 1. The van der Waals surface area contributed by atoms with Gasteiger partial charge in [0.2, 0.25) is 0 Å². The second kappa shape index (κ2) is 9.12. The summed E-state index contributed by atoms with van der Waals surface area (Å²) >= 11 is 17.6. The van der Waals surface area contributed by atoms with Gasteiger partial charge in [-0.15, -0.1) is 0 Å². The molecule has 0 aliphatic heterocycles. The number of esters is 1. The van der Waals surface area contributed by atoms with E-state index in [1.807, 2.05) is 32.0 Å². The maximum atomic E-state index is 11.9. The van der Waals surface area contributed by atoms with Crippen LogP contribution in [0.15, 0.2) is 30.3 Å². The van der Waals surface area contributed by atoms with Crippen LogP contribution >= 0.6 is 34.8 Å². The highest BCUT2D eigenvalue weighted by Gasteiger charge is 2.12. The van der Waals surface area contributed by atoms with E-state index in [-0.39, 0.29) is 20.8 Å². The number of aryl methyl sites for hydroxylation is 2. The Morgan fingerprint density at radius 2 is 1.65 bits per heavy atom. The number of ether oxygens (including phenoxy) is 2. The lowest BCUT2D eigenvalue weighted by atomic mass is 10.1. The third kappa shape index (κ3) is 5.80. The largest absolute Gasteiger partial charge is 0.480 e. The van der Waals surface area contributed by atoms with Gasteiger partial charge in [0.15, 0.2) is 13.2 Å². The third-order valence-electron chi connectivity index (χ3n) is 3.35. The molecule has 0 aliphatic rings. The SMILES string of the molecule is Cc1ccc(C)c(NC(=O)COC(=O)COc2cc(Cl)c(Cl)cc2Cl)c1. The number of hydrogen-bond acceptors (Lipinski definition) is 4. The van der Waals surface area contributed by atoms with Gasteiger partial charge in [-0.3, -0.25) is 4.79 Å². The second-order valence-electron chi connectivity index (χ2n) is 5.51. The zero-order chi connectivity index (χ0) is 19.3. The number of rotatable bonds is 6. The van der Waals surface area contributed by atoms with E-state index in [4.69, 9.17) is 44.3 Å². The Bertz CT molecular complexity index is 839. The maximum absolute atomic E-state index is 11.9. The fourth-order valence-corrected chi connectivity index (χ4v) is 2.59. The summed E-state index contributed by atoms with van der Waals surface area (Å²) in [5.41, 5.74) is 2.59. The topological polar surface area (TPSA) is 64.6 Å². The molecule has 2 rings (SSSR count). The van der Waals surface area contributed by atoms with Crippen molar-refractivity contribution in [3.05, 3.63) is 56.5 Å². The van der Waals surface area contributed by atoms with Crippen LogP contribution in [0.1, 0.15) is 11.1 Å².